The number of hydrogen-bond acceptors (Lipinski definition) is 4. The number of ketones is 1. The predicted octanol–water partition coefficient (Wildman–Crippen LogP) is 4.70. The van der Waals surface area contributed by atoms with Gasteiger partial charge in [-0.2, -0.15) is 0 Å². The highest BCUT2D eigenvalue weighted by atomic mass is 79.9. The SMILES string of the molecule is CC(=O)c1cc(Cl)cc(CSc2ccc(Br)cn2)c1O. The summed E-state index contributed by atoms with van der Waals surface area (Å²) in [5.41, 5.74) is 0.870. The smallest absolute Gasteiger partial charge is 0.163 e. The van der Waals surface area contributed by atoms with Gasteiger partial charge in [-0.05, 0) is 47.1 Å². The van der Waals surface area contributed by atoms with Crippen LogP contribution in [0.2, 0.25) is 5.02 Å². The molecule has 1 aromatic carbocycles. The second kappa shape index (κ2) is 6.61. The van der Waals surface area contributed by atoms with E-state index in [0.717, 1.165) is 9.50 Å². The number of aromatic nitrogens is 1. The Morgan fingerprint density at radius 2 is 2.20 bits per heavy atom. The molecule has 6 heteroatoms. The van der Waals surface area contributed by atoms with Crippen molar-refractivity contribution in [2.24, 2.45) is 0 Å². The molecule has 0 bridgehead atoms. The Kier molecular flexibility index (Phi) is 5.07. The molecule has 20 heavy (non-hydrogen) atoms. The number of phenolic OH excluding ortho intramolecular Hbond substituents is 1. The van der Waals surface area contributed by atoms with Crippen LogP contribution in [0.4, 0.5) is 0 Å². The molecule has 1 N–H and O–H groups in total. The lowest BCUT2D eigenvalue weighted by atomic mass is 10.1. The summed E-state index contributed by atoms with van der Waals surface area (Å²) in [5, 5.41) is 11.4. The summed E-state index contributed by atoms with van der Waals surface area (Å²) >= 11 is 10.8. The molecular weight excluding hydrogens is 362 g/mol. The summed E-state index contributed by atoms with van der Waals surface area (Å²) in [5.74, 6) is 0.269. The third-order valence-electron chi connectivity index (χ3n) is 2.61. The van der Waals surface area contributed by atoms with Crippen molar-refractivity contribution in [2.45, 2.75) is 17.7 Å². The average molecular weight is 373 g/mol. The Bertz CT molecular complexity index is 646. The minimum atomic E-state index is -0.210. The lowest BCUT2D eigenvalue weighted by Gasteiger charge is -2.08. The molecule has 0 amide bonds. The quantitative estimate of drug-likeness (QED) is 0.624. The van der Waals surface area contributed by atoms with Crippen LogP contribution in [0, 0.1) is 0 Å². The topological polar surface area (TPSA) is 50.2 Å². The Morgan fingerprint density at radius 3 is 2.80 bits per heavy atom. The van der Waals surface area contributed by atoms with Crippen molar-refractivity contribution in [3.8, 4) is 5.75 Å². The Hall–Kier alpha value is -1.04. The highest BCUT2D eigenvalue weighted by molar-refractivity contribution is 9.10. The molecular formula is C14H11BrClNO2S. The number of aromatic hydroxyl groups is 1. The van der Waals surface area contributed by atoms with Crippen LogP contribution in [0.5, 0.6) is 5.75 Å². The van der Waals surface area contributed by atoms with Crippen molar-refractivity contribution in [1.82, 2.24) is 4.98 Å². The van der Waals surface area contributed by atoms with E-state index in [9.17, 15) is 9.90 Å². The van der Waals surface area contributed by atoms with Crippen molar-refractivity contribution in [2.75, 3.05) is 0 Å². The zero-order chi connectivity index (χ0) is 14.7. The van der Waals surface area contributed by atoms with Crippen LogP contribution in [0.25, 0.3) is 0 Å². The molecule has 0 atom stereocenters. The number of Topliss-reactive ketones (excluding diaryl/α,β-unsaturated/α-hetero) is 1. The highest BCUT2D eigenvalue weighted by Gasteiger charge is 2.13. The summed E-state index contributed by atoms with van der Waals surface area (Å²) in [7, 11) is 0. The second-order valence-corrected chi connectivity index (χ2v) is 6.47. The van der Waals surface area contributed by atoms with Crippen LogP contribution in [0.1, 0.15) is 22.8 Å². The monoisotopic (exact) mass is 371 g/mol. The van der Waals surface area contributed by atoms with Crippen molar-refractivity contribution in [1.29, 1.82) is 0 Å². The summed E-state index contributed by atoms with van der Waals surface area (Å²) in [6, 6.07) is 6.91. The van der Waals surface area contributed by atoms with Gasteiger partial charge < -0.3 is 5.11 Å². The zero-order valence-corrected chi connectivity index (χ0v) is 13.7. The maximum absolute atomic E-state index is 11.4. The first-order chi connectivity index (χ1) is 9.47. The lowest BCUT2D eigenvalue weighted by Crippen LogP contribution is -1.96. The summed E-state index contributed by atoms with van der Waals surface area (Å²) in [6.07, 6.45) is 1.71. The fourth-order valence-electron chi connectivity index (χ4n) is 1.63. The van der Waals surface area contributed by atoms with Crippen LogP contribution in [0.3, 0.4) is 0 Å². The van der Waals surface area contributed by atoms with E-state index < -0.39 is 0 Å². The number of carbonyl (C=O) groups excluding carboxylic acids is 1. The summed E-state index contributed by atoms with van der Waals surface area (Å²) < 4.78 is 0.909. The van der Waals surface area contributed by atoms with Gasteiger partial charge in [0, 0.05) is 27.0 Å². The number of pyridine rings is 1. The number of phenols is 1. The van der Waals surface area contributed by atoms with Gasteiger partial charge in [0.05, 0.1) is 10.6 Å². The molecule has 0 saturated heterocycles. The predicted molar refractivity (Wildman–Crippen MR) is 84.6 cm³/mol. The van der Waals surface area contributed by atoms with Crippen molar-refractivity contribution in [3.63, 3.8) is 0 Å². The maximum Gasteiger partial charge on any atom is 0.163 e. The normalized spacial score (nSPS) is 10.6. The molecule has 1 aromatic heterocycles. The molecule has 0 saturated carbocycles. The number of benzene rings is 1. The molecule has 104 valence electrons. The largest absolute Gasteiger partial charge is 0.507 e. The number of hydrogen-bond donors (Lipinski definition) is 1. The van der Waals surface area contributed by atoms with E-state index in [0.29, 0.717) is 16.3 Å². The number of halogens is 2. The highest BCUT2D eigenvalue weighted by Crippen LogP contribution is 2.32. The van der Waals surface area contributed by atoms with E-state index in [1.165, 1.54) is 24.8 Å². The second-order valence-electron chi connectivity index (χ2n) is 4.12. The molecule has 2 rings (SSSR count). The number of thioether (sulfide) groups is 1. The standard InChI is InChI=1S/C14H11BrClNO2S/c1-8(18)12-5-11(16)4-9(14(12)19)7-20-13-3-2-10(15)6-17-13/h2-6,19H,7H2,1H3. The summed E-state index contributed by atoms with van der Waals surface area (Å²) in [6.45, 7) is 1.40. The van der Waals surface area contributed by atoms with E-state index in [1.807, 2.05) is 12.1 Å². The van der Waals surface area contributed by atoms with Crippen molar-refractivity contribution < 1.29 is 9.90 Å². The van der Waals surface area contributed by atoms with Crippen LogP contribution < -0.4 is 0 Å². The molecule has 0 fully saturated rings. The van der Waals surface area contributed by atoms with E-state index >= 15 is 0 Å². The van der Waals surface area contributed by atoms with Crippen LogP contribution in [-0.2, 0) is 5.75 Å². The fourth-order valence-corrected chi connectivity index (χ4v) is 2.92. The Balaban J connectivity index is 2.21. The fraction of sp³-hybridized carbons (Fsp3) is 0.143. The number of rotatable bonds is 4. The van der Waals surface area contributed by atoms with Crippen LogP contribution in [0.15, 0.2) is 40.0 Å². The molecule has 2 aromatic rings. The molecule has 3 nitrogen and oxygen atoms in total. The number of carbonyl (C=O) groups is 1. The third kappa shape index (κ3) is 3.75. The van der Waals surface area contributed by atoms with E-state index in [-0.39, 0.29) is 17.1 Å². The van der Waals surface area contributed by atoms with Gasteiger partial charge in [0.2, 0.25) is 0 Å². The zero-order valence-electron chi connectivity index (χ0n) is 10.6. The van der Waals surface area contributed by atoms with Gasteiger partial charge in [-0.3, -0.25) is 4.79 Å². The maximum atomic E-state index is 11.4. The molecule has 0 aliphatic carbocycles. The van der Waals surface area contributed by atoms with Gasteiger partial charge in [0.1, 0.15) is 5.75 Å². The van der Waals surface area contributed by atoms with E-state index in [1.54, 1.807) is 12.3 Å². The molecule has 0 aliphatic heterocycles. The van der Waals surface area contributed by atoms with Crippen LogP contribution in [-0.4, -0.2) is 15.9 Å². The Labute approximate surface area is 134 Å². The molecule has 0 aliphatic rings. The van der Waals surface area contributed by atoms with Crippen molar-refractivity contribution >= 4 is 45.1 Å². The van der Waals surface area contributed by atoms with E-state index in [2.05, 4.69) is 20.9 Å². The minimum Gasteiger partial charge on any atom is -0.507 e. The van der Waals surface area contributed by atoms with Gasteiger partial charge in [0.25, 0.3) is 0 Å². The first-order valence-electron chi connectivity index (χ1n) is 5.74. The third-order valence-corrected chi connectivity index (χ3v) is 4.29. The number of nitrogens with zero attached hydrogens (tertiary/aromatic N) is 1. The van der Waals surface area contributed by atoms with Gasteiger partial charge >= 0.3 is 0 Å². The lowest BCUT2D eigenvalue weighted by molar-refractivity contribution is 0.101. The molecule has 0 spiro atoms. The average Bonchev–Trinajstić information content (AvgIpc) is 2.41. The van der Waals surface area contributed by atoms with E-state index in [4.69, 9.17) is 11.6 Å². The first kappa shape index (κ1) is 15.4. The van der Waals surface area contributed by atoms with Crippen LogP contribution >= 0.6 is 39.3 Å². The first-order valence-corrected chi connectivity index (χ1v) is 7.89. The van der Waals surface area contributed by atoms with Gasteiger partial charge in [-0.15, -0.1) is 11.8 Å². The van der Waals surface area contributed by atoms with Gasteiger partial charge in [-0.25, -0.2) is 4.98 Å². The molecule has 0 unspecified atom stereocenters. The molecule has 1 heterocycles. The minimum absolute atomic E-state index is 0.00786. The van der Waals surface area contributed by atoms with Gasteiger partial charge in [0.15, 0.2) is 5.78 Å². The Morgan fingerprint density at radius 1 is 1.45 bits per heavy atom. The van der Waals surface area contributed by atoms with Crippen molar-refractivity contribution in [3.05, 3.63) is 51.1 Å². The summed E-state index contributed by atoms with van der Waals surface area (Å²) in [4.78, 5) is 15.7. The molecule has 0 radical (unpaired) electrons. The van der Waals surface area contributed by atoms with Gasteiger partial charge in [-0.1, -0.05) is 11.6 Å².